The number of benzene rings is 3. The van der Waals surface area contributed by atoms with E-state index in [9.17, 15) is 9.90 Å². The standard InChI is InChI=1S/C25H27NO4/c1-16(26)19-7-5-8-20(12-19)23-11-18(10-22(13-23)17(2)27)15-30-24-9-4-3-6-21(24)14-25(28)29/h3-13,16-17,27H,14-15,26H2,1-2H3,(H,28,29)/t16-,17?/m0/s1. The molecule has 0 saturated heterocycles. The Kier molecular flexibility index (Phi) is 6.87. The number of ether oxygens (including phenoxy) is 1. The second kappa shape index (κ2) is 9.57. The van der Waals surface area contributed by atoms with E-state index in [0.29, 0.717) is 11.3 Å². The third-order valence-corrected chi connectivity index (χ3v) is 4.95. The second-order valence-corrected chi connectivity index (χ2v) is 7.52. The molecular formula is C25H27NO4. The molecule has 0 aliphatic rings. The zero-order valence-electron chi connectivity index (χ0n) is 17.2. The van der Waals surface area contributed by atoms with Crippen molar-refractivity contribution in [3.8, 4) is 16.9 Å². The van der Waals surface area contributed by atoms with E-state index in [-0.39, 0.29) is 19.1 Å². The molecule has 0 aliphatic carbocycles. The predicted octanol–water partition coefficient (Wildman–Crippen LogP) is 4.63. The molecule has 3 aromatic carbocycles. The first kappa shape index (κ1) is 21.6. The third-order valence-electron chi connectivity index (χ3n) is 4.95. The number of carboxylic acids is 1. The topological polar surface area (TPSA) is 92.8 Å². The Balaban J connectivity index is 1.91. The second-order valence-electron chi connectivity index (χ2n) is 7.52. The summed E-state index contributed by atoms with van der Waals surface area (Å²) in [7, 11) is 0. The minimum absolute atomic E-state index is 0.0709. The van der Waals surface area contributed by atoms with Crippen LogP contribution in [-0.4, -0.2) is 16.2 Å². The number of aliphatic hydroxyl groups is 1. The predicted molar refractivity (Wildman–Crippen MR) is 117 cm³/mol. The highest BCUT2D eigenvalue weighted by Gasteiger charge is 2.11. The fraction of sp³-hybridized carbons (Fsp3) is 0.240. The molecule has 0 amide bonds. The van der Waals surface area contributed by atoms with Crippen molar-refractivity contribution >= 4 is 5.97 Å². The minimum Gasteiger partial charge on any atom is -0.489 e. The molecule has 0 fully saturated rings. The van der Waals surface area contributed by atoms with E-state index in [0.717, 1.165) is 27.8 Å². The van der Waals surface area contributed by atoms with Crippen LogP contribution in [0.2, 0.25) is 0 Å². The Morgan fingerprint density at radius 2 is 1.70 bits per heavy atom. The lowest BCUT2D eigenvalue weighted by Gasteiger charge is -2.15. The van der Waals surface area contributed by atoms with Crippen LogP contribution in [-0.2, 0) is 17.8 Å². The number of carboxylic acid groups (broad SMARTS) is 1. The molecule has 4 N–H and O–H groups in total. The Morgan fingerprint density at radius 3 is 2.40 bits per heavy atom. The molecule has 0 bridgehead atoms. The van der Waals surface area contributed by atoms with Crippen molar-refractivity contribution in [1.29, 1.82) is 0 Å². The molecule has 0 saturated carbocycles. The van der Waals surface area contributed by atoms with E-state index in [4.69, 9.17) is 15.6 Å². The largest absolute Gasteiger partial charge is 0.489 e. The molecule has 0 spiro atoms. The zero-order valence-corrected chi connectivity index (χ0v) is 17.2. The van der Waals surface area contributed by atoms with Gasteiger partial charge < -0.3 is 20.7 Å². The molecule has 3 aromatic rings. The molecule has 0 aromatic heterocycles. The van der Waals surface area contributed by atoms with Gasteiger partial charge in [-0.25, -0.2) is 0 Å². The van der Waals surface area contributed by atoms with Gasteiger partial charge in [0, 0.05) is 11.6 Å². The average Bonchev–Trinajstić information content (AvgIpc) is 2.72. The first-order valence-corrected chi connectivity index (χ1v) is 9.94. The summed E-state index contributed by atoms with van der Waals surface area (Å²) in [5.41, 5.74) is 11.3. The minimum atomic E-state index is -0.904. The Bertz CT molecular complexity index is 1030. The monoisotopic (exact) mass is 405 g/mol. The molecule has 2 atom stereocenters. The van der Waals surface area contributed by atoms with Gasteiger partial charge in [0.15, 0.2) is 0 Å². The highest BCUT2D eigenvalue weighted by Crippen LogP contribution is 2.28. The van der Waals surface area contributed by atoms with Crippen LogP contribution >= 0.6 is 0 Å². The van der Waals surface area contributed by atoms with Crippen LogP contribution in [0.4, 0.5) is 0 Å². The lowest BCUT2D eigenvalue weighted by atomic mass is 9.96. The summed E-state index contributed by atoms with van der Waals surface area (Å²) in [6, 6.07) is 21.0. The summed E-state index contributed by atoms with van der Waals surface area (Å²) in [4.78, 5) is 11.1. The van der Waals surface area contributed by atoms with Gasteiger partial charge in [-0.2, -0.15) is 0 Å². The van der Waals surface area contributed by atoms with Gasteiger partial charge in [0.1, 0.15) is 12.4 Å². The summed E-state index contributed by atoms with van der Waals surface area (Å²) in [6.07, 6.45) is -0.723. The van der Waals surface area contributed by atoms with Crippen LogP contribution in [0.3, 0.4) is 0 Å². The maximum absolute atomic E-state index is 11.1. The van der Waals surface area contributed by atoms with Crippen molar-refractivity contribution in [2.75, 3.05) is 0 Å². The summed E-state index contributed by atoms with van der Waals surface area (Å²) >= 11 is 0. The first-order chi connectivity index (χ1) is 14.3. The summed E-state index contributed by atoms with van der Waals surface area (Å²) in [5, 5.41) is 19.3. The van der Waals surface area contributed by atoms with Gasteiger partial charge in [0.25, 0.3) is 0 Å². The maximum Gasteiger partial charge on any atom is 0.307 e. The number of hydrogen-bond donors (Lipinski definition) is 3. The van der Waals surface area contributed by atoms with Crippen molar-refractivity contribution in [2.24, 2.45) is 5.73 Å². The van der Waals surface area contributed by atoms with Crippen LogP contribution < -0.4 is 10.5 Å². The first-order valence-electron chi connectivity index (χ1n) is 9.94. The average molecular weight is 405 g/mol. The van der Waals surface area contributed by atoms with E-state index >= 15 is 0 Å². The molecule has 0 heterocycles. The van der Waals surface area contributed by atoms with Crippen molar-refractivity contribution in [2.45, 2.75) is 39.0 Å². The van der Waals surface area contributed by atoms with Crippen LogP contribution in [0.5, 0.6) is 5.75 Å². The molecule has 0 aliphatic heterocycles. The van der Waals surface area contributed by atoms with E-state index in [1.807, 2.05) is 49.4 Å². The van der Waals surface area contributed by atoms with Gasteiger partial charge in [0.2, 0.25) is 0 Å². The number of aliphatic hydroxyl groups excluding tert-OH is 1. The van der Waals surface area contributed by atoms with E-state index in [2.05, 4.69) is 6.07 Å². The highest BCUT2D eigenvalue weighted by molar-refractivity contribution is 5.71. The number of nitrogens with two attached hydrogens (primary N) is 1. The van der Waals surface area contributed by atoms with E-state index in [1.54, 1.807) is 25.1 Å². The Labute approximate surface area is 176 Å². The lowest BCUT2D eigenvalue weighted by molar-refractivity contribution is -0.136. The molecule has 5 nitrogen and oxygen atoms in total. The normalized spacial score (nSPS) is 12.9. The summed E-state index contributed by atoms with van der Waals surface area (Å²) < 4.78 is 5.95. The number of rotatable bonds is 8. The van der Waals surface area contributed by atoms with Crippen LogP contribution in [0.1, 0.15) is 48.2 Å². The van der Waals surface area contributed by atoms with Crippen LogP contribution in [0.15, 0.2) is 66.7 Å². The highest BCUT2D eigenvalue weighted by atomic mass is 16.5. The van der Waals surface area contributed by atoms with E-state index < -0.39 is 12.1 Å². The Hall–Kier alpha value is -3.15. The Morgan fingerprint density at radius 1 is 0.967 bits per heavy atom. The van der Waals surface area contributed by atoms with Crippen molar-refractivity contribution in [3.05, 3.63) is 89.0 Å². The molecule has 30 heavy (non-hydrogen) atoms. The lowest BCUT2D eigenvalue weighted by Crippen LogP contribution is -2.05. The molecule has 3 rings (SSSR count). The number of para-hydroxylation sites is 1. The van der Waals surface area contributed by atoms with Gasteiger partial charge in [-0.15, -0.1) is 0 Å². The summed E-state index contributed by atoms with van der Waals surface area (Å²) in [6.45, 7) is 3.93. The SMILES string of the molecule is CC(O)c1cc(COc2ccccc2CC(=O)O)cc(-c2cccc([C@H](C)N)c2)c1. The van der Waals surface area contributed by atoms with Gasteiger partial charge in [-0.05, 0) is 72.0 Å². The number of aliphatic carboxylic acids is 1. The van der Waals surface area contributed by atoms with Gasteiger partial charge >= 0.3 is 5.97 Å². The number of carbonyl (C=O) groups is 1. The molecule has 5 heteroatoms. The van der Waals surface area contributed by atoms with Gasteiger partial charge in [-0.1, -0.05) is 36.4 Å². The van der Waals surface area contributed by atoms with Crippen molar-refractivity contribution in [1.82, 2.24) is 0 Å². The molecule has 156 valence electrons. The quantitative estimate of drug-likeness (QED) is 0.508. The van der Waals surface area contributed by atoms with Crippen LogP contribution in [0, 0.1) is 0 Å². The van der Waals surface area contributed by atoms with Gasteiger partial charge in [-0.3, -0.25) is 4.79 Å². The third kappa shape index (κ3) is 5.47. The molecule has 0 radical (unpaired) electrons. The van der Waals surface area contributed by atoms with Crippen molar-refractivity contribution in [3.63, 3.8) is 0 Å². The molecular weight excluding hydrogens is 378 g/mol. The number of hydrogen-bond acceptors (Lipinski definition) is 4. The van der Waals surface area contributed by atoms with E-state index in [1.165, 1.54) is 0 Å². The zero-order chi connectivity index (χ0) is 21.7. The van der Waals surface area contributed by atoms with Crippen LogP contribution in [0.25, 0.3) is 11.1 Å². The fourth-order valence-corrected chi connectivity index (χ4v) is 3.33. The smallest absolute Gasteiger partial charge is 0.307 e. The summed E-state index contributed by atoms with van der Waals surface area (Å²) in [5.74, 6) is -0.360. The maximum atomic E-state index is 11.1. The fourth-order valence-electron chi connectivity index (χ4n) is 3.33. The molecule has 1 unspecified atom stereocenters. The van der Waals surface area contributed by atoms with Crippen molar-refractivity contribution < 1.29 is 19.7 Å². The van der Waals surface area contributed by atoms with Gasteiger partial charge in [0.05, 0.1) is 12.5 Å².